The van der Waals surface area contributed by atoms with Crippen molar-refractivity contribution in [1.82, 2.24) is 4.98 Å². The average molecular weight is 219 g/mol. The molecule has 1 nitrogen and oxygen atoms in total. The zero-order valence-corrected chi connectivity index (χ0v) is 11.4. The summed E-state index contributed by atoms with van der Waals surface area (Å²) in [5.41, 5.74) is 2.61. The van der Waals surface area contributed by atoms with Crippen LogP contribution in [0.4, 0.5) is 0 Å². The Labute approximate surface area is 100 Å². The first-order valence-corrected chi connectivity index (χ1v) is 6.42. The number of aromatic nitrogens is 1. The maximum absolute atomic E-state index is 4.80. The molecular formula is C15H25N. The average Bonchev–Trinajstić information content (AvgIpc) is 2.25. The lowest BCUT2D eigenvalue weighted by Crippen LogP contribution is -2.14. The molecule has 1 aromatic rings. The van der Waals surface area contributed by atoms with Gasteiger partial charge in [0.15, 0.2) is 0 Å². The van der Waals surface area contributed by atoms with E-state index in [1.54, 1.807) is 0 Å². The summed E-state index contributed by atoms with van der Waals surface area (Å²) in [5.74, 6) is 0.585. The van der Waals surface area contributed by atoms with Crippen molar-refractivity contribution < 1.29 is 0 Å². The number of hydrogen-bond acceptors (Lipinski definition) is 1. The summed E-state index contributed by atoms with van der Waals surface area (Å²) >= 11 is 0. The Morgan fingerprint density at radius 1 is 1.25 bits per heavy atom. The highest BCUT2D eigenvalue weighted by Gasteiger charge is 2.16. The smallest absolute Gasteiger partial charge is 0.0460 e. The van der Waals surface area contributed by atoms with Gasteiger partial charge in [0.05, 0.1) is 0 Å². The van der Waals surface area contributed by atoms with Gasteiger partial charge in [-0.1, -0.05) is 53.5 Å². The van der Waals surface area contributed by atoms with E-state index < -0.39 is 0 Å². The quantitative estimate of drug-likeness (QED) is 0.717. The summed E-state index contributed by atoms with van der Waals surface area (Å²) < 4.78 is 0. The molecule has 0 spiro atoms. The van der Waals surface area contributed by atoms with E-state index in [2.05, 4.69) is 52.8 Å². The van der Waals surface area contributed by atoms with E-state index in [0.29, 0.717) is 5.92 Å². The zero-order chi connectivity index (χ0) is 12.2. The molecule has 90 valence electrons. The molecular weight excluding hydrogens is 194 g/mol. The van der Waals surface area contributed by atoms with Gasteiger partial charge in [-0.3, -0.25) is 4.98 Å². The lowest BCUT2D eigenvalue weighted by atomic mass is 9.90. The molecule has 1 aromatic heterocycles. The van der Waals surface area contributed by atoms with Crippen LogP contribution < -0.4 is 0 Å². The van der Waals surface area contributed by atoms with Gasteiger partial charge in [0.25, 0.3) is 0 Å². The first-order chi connectivity index (χ1) is 7.45. The van der Waals surface area contributed by atoms with Gasteiger partial charge in [-0.15, -0.1) is 0 Å². The van der Waals surface area contributed by atoms with Crippen molar-refractivity contribution in [3.8, 4) is 0 Å². The molecule has 0 saturated carbocycles. The summed E-state index contributed by atoms with van der Waals surface area (Å²) in [6.45, 7) is 11.2. The fourth-order valence-electron chi connectivity index (χ4n) is 1.80. The van der Waals surface area contributed by atoms with Crippen molar-refractivity contribution in [2.24, 2.45) is 0 Å². The SMILES string of the molecule is CCCCC(C)c1cccc(C(C)(C)C)n1. The van der Waals surface area contributed by atoms with E-state index in [0.717, 1.165) is 0 Å². The highest BCUT2D eigenvalue weighted by molar-refractivity contribution is 5.19. The van der Waals surface area contributed by atoms with Crippen LogP contribution in [0.15, 0.2) is 18.2 Å². The van der Waals surface area contributed by atoms with Crippen LogP contribution in [0.3, 0.4) is 0 Å². The Bertz CT molecular complexity index is 322. The summed E-state index contributed by atoms with van der Waals surface area (Å²) in [6.07, 6.45) is 3.81. The lowest BCUT2D eigenvalue weighted by molar-refractivity contribution is 0.553. The van der Waals surface area contributed by atoms with Crippen LogP contribution in [0.25, 0.3) is 0 Å². The number of pyridine rings is 1. The minimum atomic E-state index is 0.153. The second-order valence-corrected chi connectivity index (χ2v) is 5.74. The van der Waals surface area contributed by atoms with Crippen molar-refractivity contribution in [2.45, 2.75) is 65.2 Å². The topological polar surface area (TPSA) is 12.9 Å². The molecule has 16 heavy (non-hydrogen) atoms. The van der Waals surface area contributed by atoms with Crippen molar-refractivity contribution >= 4 is 0 Å². The number of rotatable bonds is 4. The van der Waals surface area contributed by atoms with Crippen LogP contribution in [0.2, 0.25) is 0 Å². The molecule has 0 radical (unpaired) electrons. The van der Waals surface area contributed by atoms with E-state index in [1.165, 1.54) is 30.7 Å². The summed E-state index contributed by atoms with van der Waals surface area (Å²) in [7, 11) is 0. The van der Waals surface area contributed by atoms with Crippen LogP contribution in [-0.2, 0) is 5.41 Å². The second kappa shape index (κ2) is 5.47. The molecule has 0 N–H and O–H groups in total. The zero-order valence-electron chi connectivity index (χ0n) is 11.4. The van der Waals surface area contributed by atoms with Crippen LogP contribution in [0, 0.1) is 0 Å². The van der Waals surface area contributed by atoms with E-state index in [4.69, 9.17) is 4.98 Å². The molecule has 0 aromatic carbocycles. The highest BCUT2D eigenvalue weighted by Crippen LogP contribution is 2.24. The van der Waals surface area contributed by atoms with Crippen molar-refractivity contribution in [3.05, 3.63) is 29.6 Å². The summed E-state index contributed by atoms with van der Waals surface area (Å²) in [4.78, 5) is 4.80. The molecule has 0 aliphatic rings. The third-order valence-corrected chi connectivity index (χ3v) is 3.03. The fraction of sp³-hybridized carbons (Fsp3) is 0.667. The Balaban J connectivity index is 2.82. The molecule has 1 heterocycles. The minimum absolute atomic E-state index is 0.153. The molecule has 1 rings (SSSR count). The van der Waals surface area contributed by atoms with Crippen molar-refractivity contribution in [1.29, 1.82) is 0 Å². The number of unbranched alkanes of at least 4 members (excludes halogenated alkanes) is 1. The van der Waals surface area contributed by atoms with E-state index in [1.807, 2.05) is 0 Å². The Kier molecular flexibility index (Phi) is 4.52. The third kappa shape index (κ3) is 3.62. The van der Waals surface area contributed by atoms with E-state index in [-0.39, 0.29) is 5.41 Å². The summed E-state index contributed by atoms with van der Waals surface area (Å²) in [6, 6.07) is 6.44. The fourth-order valence-corrected chi connectivity index (χ4v) is 1.80. The molecule has 0 amide bonds. The number of hydrogen-bond donors (Lipinski definition) is 0. The number of nitrogens with zero attached hydrogens (tertiary/aromatic N) is 1. The normalized spacial score (nSPS) is 13.8. The van der Waals surface area contributed by atoms with Crippen LogP contribution >= 0.6 is 0 Å². The maximum Gasteiger partial charge on any atom is 0.0460 e. The van der Waals surface area contributed by atoms with Crippen molar-refractivity contribution in [3.63, 3.8) is 0 Å². The monoisotopic (exact) mass is 219 g/mol. The largest absolute Gasteiger partial charge is 0.257 e. The first-order valence-electron chi connectivity index (χ1n) is 6.42. The van der Waals surface area contributed by atoms with Gasteiger partial charge in [-0.05, 0) is 24.5 Å². The predicted octanol–water partition coefficient (Wildman–Crippen LogP) is 4.67. The minimum Gasteiger partial charge on any atom is -0.257 e. The van der Waals surface area contributed by atoms with Crippen LogP contribution in [0.1, 0.15) is 71.2 Å². The summed E-state index contributed by atoms with van der Waals surface area (Å²) in [5, 5.41) is 0. The molecule has 1 unspecified atom stereocenters. The van der Waals surface area contributed by atoms with Crippen LogP contribution in [0.5, 0.6) is 0 Å². The molecule has 0 aliphatic carbocycles. The molecule has 0 fully saturated rings. The molecule has 0 saturated heterocycles. The van der Waals surface area contributed by atoms with Gasteiger partial charge >= 0.3 is 0 Å². The molecule has 0 aliphatic heterocycles. The highest BCUT2D eigenvalue weighted by atomic mass is 14.7. The Hall–Kier alpha value is -0.850. The Morgan fingerprint density at radius 3 is 2.50 bits per heavy atom. The van der Waals surface area contributed by atoms with Gasteiger partial charge in [-0.25, -0.2) is 0 Å². The van der Waals surface area contributed by atoms with Gasteiger partial charge in [0.2, 0.25) is 0 Å². The Morgan fingerprint density at radius 2 is 1.94 bits per heavy atom. The lowest BCUT2D eigenvalue weighted by Gasteiger charge is -2.20. The van der Waals surface area contributed by atoms with Gasteiger partial charge < -0.3 is 0 Å². The van der Waals surface area contributed by atoms with Crippen LogP contribution in [-0.4, -0.2) is 4.98 Å². The van der Waals surface area contributed by atoms with E-state index in [9.17, 15) is 0 Å². The van der Waals surface area contributed by atoms with E-state index >= 15 is 0 Å². The maximum atomic E-state index is 4.80. The molecule has 1 atom stereocenters. The van der Waals surface area contributed by atoms with Gasteiger partial charge in [-0.2, -0.15) is 0 Å². The van der Waals surface area contributed by atoms with Gasteiger partial charge in [0.1, 0.15) is 0 Å². The molecule has 0 bridgehead atoms. The second-order valence-electron chi connectivity index (χ2n) is 5.74. The predicted molar refractivity (Wildman–Crippen MR) is 70.9 cm³/mol. The molecule has 1 heteroatoms. The van der Waals surface area contributed by atoms with Crippen molar-refractivity contribution in [2.75, 3.05) is 0 Å². The standard InChI is InChI=1S/C15H25N/c1-6-7-9-12(2)13-10-8-11-14(16-13)15(3,4)5/h8,10-12H,6-7,9H2,1-5H3. The van der Waals surface area contributed by atoms with Gasteiger partial charge in [0, 0.05) is 16.8 Å². The first kappa shape index (κ1) is 13.2. The third-order valence-electron chi connectivity index (χ3n) is 3.03.